The lowest BCUT2D eigenvalue weighted by molar-refractivity contribution is -0.114. The number of carbonyl (C=O) groups excluding carboxylic acids is 1. The van der Waals surface area contributed by atoms with Gasteiger partial charge in [-0.25, -0.2) is 0 Å². The zero-order valence-electron chi connectivity index (χ0n) is 7.75. The molecule has 1 amide bonds. The van der Waals surface area contributed by atoms with E-state index in [-0.39, 0.29) is 28.3 Å². The summed E-state index contributed by atoms with van der Waals surface area (Å²) < 4.78 is 4.82. The summed E-state index contributed by atoms with van der Waals surface area (Å²) in [6.45, 7) is 0. The number of amides is 1. The van der Waals surface area contributed by atoms with Crippen molar-refractivity contribution in [2.75, 3.05) is 18.3 Å². The lowest BCUT2D eigenvalue weighted by atomic mass is 10.4. The topological polar surface area (TPSA) is 71.5 Å². The predicted octanol–water partition coefficient (Wildman–Crippen LogP) is 1.63. The number of hydrogen-bond donors (Lipinski definition) is 2. The van der Waals surface area contributed by atoms with E-state index in [1.807, 2.05) is 0 Å². The third-order valence-corrected chi connectivity index (χ3v) is 2.01. The molecule has 0 unspecified atom stereocenters. The Balaban J connectivity index is 3.02. The Morgan fingerprint density at radius 1 is 1.73 bits per heavy atom. The van der Waals surface area contributed by atoms with E-state index in [2.05, 4.69) is 10.3 Å². The number of carbonyl (C=O) groups is 1. The highest BCUT2D eigenvalue weighted by atomic mass is 35.5. The monoisotopic (exact) mass is 250 g/mol. The van der Waals surface area contributed by atoms with Crippen molar-refractivity contribution in [3.05, 3.63) is 11.1 Å². The molecule has 0 saturated heterocycles. The van der Waals surface area contributed by atoms with E-state index in [0.717, 1.165) is 0 Å². The summed E-state index contributed by atoms with van der Waals surface area (Å²) >= 11 is 11.0. The molecule has 0 aliphatic heterocycles. The highest BCUT2D eigenvalue weighted by Gasteiger charge is 2.12. The minimum atomic E-state index is -0.483. The second-order valence-electron chi connectivity index (χ2n) is 2.53. The van der Waals surface area contributed by atoms with Crippen LogP contribution in [0.5, 0.6) is 11.6 Å². The highest BCUT2D eigenvalue weighted by Crippen LogP contribution is 2.31. The number of nitrogens with zero attached hydrogens (tertiary/aromatic N) is 1. The van der Waals surface area contributed by atoms with Crippen molar-refractivity contribution in [1.29, 1.82) is 0 Å². The number of aromatic hydroxyl groups is 1. The first-order valence-corrected chi connectivity index (χ1v) is 4.79. The number of ether oxygens (including phenoxy) is 1. The van der Waals surface area contributed by atoms with Gasteiger partial charge in [0.05, 0.1) is 7.11 Å². The Kier molecular flexibility index (Phi) is 3.99. The van der Waals surface area contributed by atoms with Gasteiger partial charge in [0.1, 0.15) is 10.9 Å². The third-order valence-electron chi connectivity index (χ3n) is 1.50. The Hall–Kier alpha value is -1.20. The van der Waals surface area contributed by atoms with E-state index < -0.39 is 5.91 Å². The minimum absolute atomic E-state index is 0.0399. The fourth-order valence-corrected chi connectivity index (χ4v) is 1.15. The van der Waals surface area contributed by atoms with Crippen molar-refractivity contribution in [2.24, 2.45) is 0 Å². The average molecular weight is 251 g/mol. The molecule has 7 heteroatoms. The molecule has 0 spiro atoms. The Morgan fingerprint density at radius 3 is 2.93 bits per heavy atom. The van der Waals surface area contributed by atoms with Gasteiger partial charge >= 0.3 is 0 Å². The molecule has 0 saturated carbocycles. The number of pyridine rings is 1. The van der Waals surface area contributed by atoms with Gasteiger partial charge in [-0.2, -0.15) is 4.98 Å². The quantitative estimate of drug-likeness (QED) is 0.801. The molecule has 5 nitrogen and oxygen atoms in total. The zero-order chi connectivity index (χ0) is 11.4. The largest absolute Gasteiger partial charge is 0.504 e. The molecule has 1 rings (SSSR count). The van der Waals surface area contributed by atoms with Gasteiger partial charge in [-0.15, -0.1) is 11.6 Å². The molecule has 0 fully saturated rings. The predicted molar refractivity (Wildman–Crippen MR) is 56.8 cm³/mol. The van der Waals surface area contributed by atoms with Crippen molar-refractivity contribution in [3.63, 3.8) is 0 Å². The van der Waals surface area contributed by atoms with Gasteiger partial charge in [0.25, 0.3) is 0 Å². The molecule has 0 bridgehead atoms. The molecule has 0 aromatic carbocycles. The van der Waals surface area contributed by atoms with Crippen LogP contribution in [0.25, 0.3) is 0 Å². The Bertz CT molecular complexity index is 384. The Labute approximate surface area is 96.0 Å². The lowest BCUT2D eigenvalue weighted by Crippen LogP contribution is -2.14. The van der Waals surface area contributed by atoms with Gasteiger partial charge in [0.2, 0.25) is 11.8 Å². The molecule has 1 aromatic rings. The summed E-state index contributed by atoms with van der Waals surface area (Å²) in [5, 5.41) is 11.8. The molecule has 1 heterocycles. The van der Waals surface area contributed by atoms with Crippen LogP contribution in [-0.2, 0) is 4.79 Å². The van der Waals surface area contributed by atoms with Crippen molar-refractivity contribution in [3.8, 4) is 11.6 Å². The third kappa shape index (κ3) is 2.87. The summed E-state index contributed by atoms with van der Waals surface area (Å²) in [6, 6.07) is 1.22. The molecule has 82 valence electrons. The van der Waals surface area contributed by atoms with Crippen molar-refractivity contribution < 1.29 is 14.6 Å². The fourth-order valence-electron chi connectivity index (χ4n) is 0.863. The number of halogens is 2. The van der Waals surface area contributed by atoms with E-state index in [4.69, 9.17) is 27.9 Å². The Morgan fingerprint density at radius 2 is 2.40 bits per heavy atom. The second kappa shape index (κ2) is 5.04. The molecule has 15 heavy (non-hydrogen) atoms. The molecular formula is C8H8Cl2N2O3. The van der Waals surface area contributed by atoms with Crippen LogP contribution in [0.15, 0.2) is 6.07 Å². The smallest absolute Gasteiger partial charge is 0.240 e. The fraction of sp³-hybridized carbons (Fsp3) is 0.250. The maximum Gasteiger partial charge on any atom is 0.240 e. The number of methoxy groups -OCH3 is 1. The van der Waals surface area contributed by atoms with Crippen LogP contribution in [-0.4, -0.2) is 29.0 Å². The van der Waals surface area contributed by atoms with E-state index >= 15 is 0 Å². The first-order valence-electron chi connectivity index (χ1n) is 3.87. The molecule has 0 aliphatic rings. The maximum absolute atomic E-state index is 11.0. The SMILES string of the molecule is COc1nc(NC(=O)CCl)c(O)cc1Cl. The number of alkyl halides is 1. The maximum atomic E-state index is 11.0. The van der Waals surface area contributed by atoms with Gasteiger partial charge in [-0.3, -0.25) is 4.79 Å². The van der Waals surface area contributed by atoms with Crippen molar-refractivity contribution in [2.45, 2.75) is 0 Å². The van der Waals surface area contributed by atoms with Crippen LogP contribution in [0.4, 0.5) is 5.82 Å². The lowest BCUT2D eigenvalue weighted by Gasteiger charge is -2.08. The summed E-state index contributed by atoms with van der Waals surface area (Å²) in [4.78, 5) is 14.7. The summed E-state index contributed by atoms with van der Waals surface area (Å²) in [7, 11) is 1.37. The van der Waals surface area contributed by atoms with Gasteiger partial charge in [-0.05, 0) is 0 Å². The van der Waals surface area contributed by atoms with Crippen LogP contribution in [0.2, 0.25) is 5.02 Å². The highest BCUT2D eigenvalue weighted by molar-refractivity contribution is 6.32. The number of hydrogen-bond acceptors (Lipinski definition) is 4. The summed E-state index contributed by atoms with van der Waals surface area (Å²) in [5.74, 6) is -0.893. The van der Waals surface area contributed by atoms with Crippen molar-refractivity contribution in [1.82, 2.24) is 4.98 Å². The molecule has 1 aromatic heterocycles. The second-order valence-corrected chi connectivity index (χ2v) is 3.20. The number of aromatic nitrogens is 1. The van der Waals surface area contributed by atoms with Gasteiger partial charge in [0.15, 0.2) is 11.6 Å². The van der Waals surface area contributed by atoms with E-state index in [0.29, 0.717) is 0 Å². The molecule has 0 atom stereocenters. The first-order chi connectivity index (χ1) is 7.08. The van der Waals surface area contributed by atoms with E-state index in [9.17, 15) is 9.90 Å². The zero-order valence-corrected chi connectivity index (χ0v) is 9.26. The normalized spacial score (nSPS) is 9.80. The van der Waals surface area contributed by atoms with E-state index in [1.54, 1.807) is 0 Å². The molecule has 0 radical (unpaired) electrons. The number of anilines is 1. The number of rotatable bonds is 3. The average Bonchev–Trinajstić information content (AvgIpc) is 2.21. The van der Waals surface area contributed by atoms with E-state index in [1.165, 1.54) is 13.2 Å². The van der Waals surface area contributed by atoms with Crippen molar-refractivity contribution >= 4 is 34.9 Å². The standard InChI is InChI=1S/C8H8Cl2N2O3/c1-15-8-4(10)2-5(13)7(12-8)11-6(14)3-9/h2,13H,3H2,1H3,(H,11,12,14). The molecule has 2 N–H and O–H groups in total. The van der Waals surface area contributed by atoms with Crippen LogP contribution >= 0.6 is 23.2 Å². The summed E-state index contributed by atoms with van der Waals surface area (Å²) in [6.07, 6.45) is 0. The molecule has 0 aliphatic carbocycles. The van der Waals surface area contributed by atoms with Crippen LogP contribution in [0.3, 0.4) is 0 Å². The summed E-state index contributed by atoms with van der Waals surface area (Å²) in [5.41, 5.74) is 0. The van der Waals surface area contributed by atoms with Crippen LogP contribution in [0.1, 0.15) is 0 Å². The molecular weight excluding hydrogens is 243 g/mol. The van der Waals surface area contributed by atoms with Gasteiger partial charge in [0, 0.05) is 6.07 Å². The van der Waals surface area contributed by atoms with Gasteiger partial charge in [-0.1, -0.05) is 11.6 Å². The van der Waals surface area contributed by atoms with Crippen LogP contribution < -0.4 is 10.1 Å². The number of nitrogens with one attached hydrogen (secondary N) is 1. The minimum Gasteiger partial charge on any atom is -0.504 e. The van der Waals surface area contributed by atoms with Gasteiger partial charge < -0.3 is 15.2 Å². The van der Waals surface area contributed by atoms with Crippen LogP contribution in [0, 0.1) is 0 Å². The first kappa shape index (κ1) is 11.9.